The Kier molecular flexibility index (Phi) is 7.17. The summed E-state index contributed by atoms with van der Waals surface area (Å²) in [5.41, 5.74) is 1.20. The van der Waals surface area contributed by atoms with Crippen molar-refractivity contribution in [2.75, 3.05) is 57.9 Å². The van der Waals surface area contributed by atoms with Crippen molar-refractivity contribution in [1.29, 1.82) is 0 Å². The number of methoxy groups -OCH3 is 1. The Bertz CT molecular complexity index is 958. The third kappa shape index (κ3) is 5.16. The van der Waals surface area contributed by atoms with Gasteiger partial charge in [-0.25, -0.2) is 0 Å². The highest BCUT2D eigenvalue weighted by Gasteiger charge is 2.26. The van der Waals surface area contributed by atoms with E-state index < -0.39 is 0 Å². The van der Waals surface area contributed by atoms with Crippen molar-refractivity contribution in [3.05, 3.63) is 53.1 Å². The molecule has 0 radical (unpaired) electrons. The summed E-state index contributed by atoms with van der Waals surface area (Å²) in [6.07, 6.45) is 1.34. The summed E-state index contributed by atoms with van der Waals surface area (Å²) in [6, 6.07) is 12.7. The van der Waals surface area contributed by atoms with Gasteiger partial charge in [-0.1, -0.05) is 11.6 Å². The van der Waals surface area contributed by atoms with Crippen LogP contribution in [0.1, 0.15) is 23.2 Å². The minimum Gasteiger partial charge on any atom is -0.497 e. The Hall–Kier alpha value is -2.77. The maximum Gasteiger partial charge on any atom is 0.254 e. The predicted octanol–water partition coefficient (Wildman–Crippen LogP) is 3.31. The number of carbonyl (C=O) groups is 2. The van der Waals surface area contributed by atoms with Crippen molar-refractivity contribution in [2.45, 2.75) is 12.8 Å². The van der Waals surface area contributed by atoms with Gasteiger partial charge >= 0.3 is 0 Å². The summed E-state index contributed by atoms with van der Waals surface area (Å²) >= 11 is 6.32. The zero-order chi connectivity index (χ0) is 22.5. The van der Waals surface area contributed by atoms with Crippen molar-refractivity contribution in [3.8, 4) is 11.5 Å². The number of rotatable bonds is 7. The first-order valence-electron chi connectivity index (χ1n) is 10.9. The quantitative estimate of drug-likeness (QED) is 0.638. The van der Waals surface area contributed by atoms with Crippen LogP contribution in [0.2, 0.25) is 5.02 Å². The second kappa shape index (κ2) is 10.2. The minimum atomic E-state index is -0.0244. The molecular formula is C24H28ClN3O4. The van der Waals surface area contributed by atoms with Crippen LogP contribution < -0.4 is 14.4 Å². The summed E-state index contributed by atoms with van der Waals surface area (Å²) in [5, 5.41) is 0.499. The first-order valence-corrected chi connectivity index (χ1v) is 11.3. The Morgan fingerprint density at radius 2 is 1.72 bits per heavy atom. The van der Waals surface area contributed by atoms with E-state index in [0.29, 0.717) is 48.9 Å². The number of anilines is 1. The molecule has 2 aromatic rings. The minimum absolute atomic E-state index is 0.0244. The lowest BCUT2D eigenvalue weighted by molar-refractivity contribution is -0.117. The molecular weight excluding hydrogens is 430 g/mol. The van der Waals surface area contributed by atoms with E-state index in [2.05, 4.69) is 4.90 Å². The van der Waals surface area contributed by atoms with Gasteiger partial charge < -0.3 is 19.3 Å². The third-order valence-electron chi connectivity index (χ3n) is 5.95. The molecule has 0 spiro atoms. The monoisotopic (exact) mass is 457 g/mol. The zero-order valence-corrected chi connectivity index (χ0v) is 19.0. The Labute approximate surface area is 193 Å². The fourth-order valence-corrected chi connectivity index (χ4v) is 4.30. The van der Waals surface area contributed by atoms with Crippen LogP contribution in [0, 0.1) is 0 Å². The van der Waals surface area contributed by atoms with Gasteiger partial charge in [0.05, 0.1) is 17.8 Å². The summed E-state index contributed by atoms with van der Waals surface area (Å²) in [5.74, 6) is 1.65. The molecule has 0 N–H and O–H groups in total. The number of nitrogens with zero attached hydrogens (tertiary/aromatic N) is 3. The second-order valence-corrected chi connectivity index (χ2v) is 8.38. The van der Waals surface area contributed by atoms with Crippen molar-refractivity contribution >= 4 is 29.1 Å². The van der Waals surface area contributed by atoms with Crippen molar-refractivity contribution in [2.24, 2.45) is 0 Å². The van der Waals surface area contributed by atoms with Gasteiger partial charge in [0.25, 0.3) is 5.91 Å². The van der Waals surface area contributed by atoms with Gasteiger partial charge in [0.15, 0.2) is 0 Å². The lowest BCUT2D eigenvalue weighted by Gasteiger charge is -2.34. The predicted molar refractivity (Wildman–Crippen MR) is 124 cm³/mol. The number of benzene rings is 2. The molecule has 2 aliphatic rings. The van der Waals surface area contributed by atoms with Crippen molar-refractivity contribution < 1.29 is 19.1 Å². The molecule has 2 saturated heterocycles. The van der Waals surface area contributed by atoms with Crippen LogP contribution in [0.5, 0.6) is 11.5 Å². The topological polar surface area (TPSA) is 62.3 Å². The van der Waals surface area contributed by atoms with Crippen LogP contribution in [0.15, 0.2) is 42.5 Å². The molecule has 0 atom stereocenters. The van der Waals surface area contributed by atoms with Gasteiger partial charge in [-0.15, -0.1) is 0 Å². The molecule has 0 bridgehead atoms. The molecule has 2 heterocycles. The first-order chi connectivity index (χ1) is 15.5. The summed E-state index contributed by atoms with van der Waals surface area (Å²) in [6.45, 7) is 4.93. The van der Waals surface area contributed by atoms with E-state index in [1.165, 1.54) is 0 Å². The molecule has 0 unspecified atom stereocenters. The van der Waals surface area contributed by atoms with E-state index in [1.54, 1.807) is 30.2 Å². The van der Waals surface area contributed by atoms with E-state index in [4.69, 9.17) is 21.1 Å². The lowest BCUT2D eigenvalue weighted by Crippen LogP contribution is -2.49. The van der Waals surface area contributed by atoms with Crippen LogP contribution in [0.25, 0.3) is 0 Å². The summed E-state index contributed by atoms with van der Waals surface area (Å²) < 4.78 is 11.0. The summed E-state index contributed by atoms with van der Waals surface area (Å²) in [4.78, 5) is 31.0. The molecule has 7 nitrogen and oxygen atoms in total. The number of hydrogen-bond donors (Lipinski definition) is 0. The number of hydrogen-bond acceptors (Lipinski definition) is 5. The second-order valence-electron chi connectivity index (χ2n) is 7.97. The first kappa shape index (κ1) is 22.4. The van der Waals surface area contributed by atoms with E-state index in [1.807, 2.05) is 29.2 Å². The SMILES string of the molecule is COc1ccc(OCCN2CCN(C(=O)c3ccc(Cl)c(N4CCCC4=O)c3)CC2)cc1. The number of ether oxygens (including phenoxy) is 2. The molecule has 8 heteroatoms. The van der Waals surface area contributed by atoms with Crippen molar-refractivity contribution in [1.82, 2.24) is 9.80 Å². The van der Waals surface area contributed by atoms with E-state index in [0.717, 1.165) is 37.6 Å². The number of amides is 2. The average Bonchev–Trinajstić information content (AvgIpc) is 3.25. The normalized spacial score (nSPS) is 17.0. The highest BCUT2D eigenvalue weighted by atomic mass is 35.5. The molecule has 4 rings (SSSR count). The average molecular weight is 458 g/mol. The van der Waals surface area contributed by atoms with Crippen LogP contribution in [0.4, 0.5) is 5.69 Å². The van der Waals surface area contributed by atoms with Gasteiger partial charge in [-0.2, -0.15) is 0 Å². The van der Waals surface area contributed by atoms with Crippen LogP contribution in [-0.2, 0) is 4.79 Å². The van der Waals surface area contributed by atoms with E-state index in [-0.39, 0.29) is 11.8 Å². The van der Waals surface area contributed by atoms with Crippen LogP contribution >= 0.6 is 11.6 Å². The standard InChI is InChI=1S/C24H28ClN3O4/c1-31-19-5-7-20(8-6-19)32-16-15-26-11-13-27(14-12-26)24(30)18-4-9-21(25)22(17-18)28-10-2-3-23(28)29/h4-9,17H,2-3,10-16H2,1H3. The smallest absolute Gasteiger partial charge is 0.254 e. The molecule has 0 saturated carbocycles. The Morgan fingerprint density at radius 1 is 1.00 bits per heavy atom. The number of halogens is 1. The van der Waals surface area contributed by atoms with Crippen LogP contribution in [-0.4, -0.2) is 74.6 Å². The van der Waals surface area contributed by atoms with Crippen LogP contribution in [0.3, 0.4) is 0 Å². The molecule has 2 fully saturated rings. The van der Waals surface area contributed by atoms with Crippen molar-refractivity contribution in [3.63, 3.8) is 0 Å². The summed E-state index contributed by atoms with van der Waals surface area (Å²) in [7, 11) is 1.64. The molecule has 32 heavy (non-hydrogen) atoms. The molecule has 0 aromatic heterocycles. The molecule has 0 aliphatic carbocycles. The van der Waals surface area contributed by atoms with E-state index >= 15 is 0 Å². The lowest BCUT2D eigenvalue weighted by atomic mass is 10.1. The molecule has 2 aromatic carbocycles. The Balaban J connectivity index is 1.27. The van der Waals surface area contributed by atoms with Gasteiger partial charge in [0.1, 0.15) is 18.1 Å². The Morgan fingerprint density at radius 3 is 2.38 bits per heavy atom. The maximum absolute atomic E-state index is 13.0. The number of piperazine rings is 1. The zero-order valence-electron chi connectivity index (χ0n) is 18.3. The highest BCUT2D eigenvalue weighted by molar-refractivity contribution is 6.34. The molecule has 170 valence electrons. The fraction of sp³-hybridized carbons (Fsp3) is 0.417. The van der Waals surface area contributed by atoms with Gasteiger partial charge in [-0.05, 0) is 48.9 Å². The van der Waals surface area contributed by atoms with Gasteiger partial charge in [-0.3, -0.25) is 14.5 Å². The largest absolute Gasteiger partial charge is 0.497 e. The fourth-order valence-electron chi connectivity index (χ4n) is 4.08. The van der Waals surface area contributed by atoms with Gasteiger partial charge in [0.2, 0.25) is 5.91 Å². The van der Waals surface area contributed by atoms with Gasteiger partial charge in [0, 0.05) is 51.3 Å². The van der Waals surface area contributed by atoms with E-state index in [9.17, 15) is 9.59 Å². The highest BCUT2D eigenvalue weighted by Crippen LogP contribution is 2.31. The maximum atomic E-state index is 13.0. The molecule has 2 aliphatic heterocycles. The third-order valence-corrected chi connectivity index (χ3v) is 6.27. The number of carbonyl (C=O) groups excluding carboxylic acids is 2. The molecule has 2 amide bonds.